The minimum atomic E-state index is -0.504. The zero-order valence-electron chi connectivity index (χ0n) is 22.6. The molecule has 0 aromatic heterocycles. The lowest BCUT2D eigenvalue weighted by Gasteiger charge is -2.27. The molecule has 5 rings (SSSR count). The Morgan fingerprint density at radius 1 is 1.02 bits per heavy atom. The van der Waals surface area contributed by atoms with Gasteiger partial charge in [0, 0.05) is 11.6 Å². The highest BCUT2D eigenvalue weighted by Crippen LogP contribution is 2.45. The molecule has 0 aliphatic carbocycles. The summed E-state index contributed by atoms with van der Waals surface area (Å²) in [6.45, 7) is 4.86. The Kier molecular flexibility index (Phi) is 7.61. The number of hydrogen-bond donors (Lipinski definition) is 1. The van der Waals surface area contributed by atoms with Gasteiger partial charge in [-0.1, -0.05) is 62.4 Å². The molecule has 0 radical (unpaired) electrons. The summed E-state index contributed by atoms with van der Waals surface area (Å²) in [7, 11) is 1.58. The van der Waals surface area contributed by atoms with E-state index in [0.717, 1.165) is 22.8 Å². The first-order valence-electron chi connectivity index (χ1n) is 13.1. The van der Waals surface area contributed by atoms with E-state index in [1.54, 1.807) is 31.4 Å². The van der Waals surface area contributed by atoms with Crippen molar-refractivity contribution in [2.24, 2.45) is 11.7 Å². The van der Waals surface area contributed by atoms with E-state index in [2.05, 4.69) is 19.9 Å². The second kappa shape index (κ2) is 11.4. The Morgan fingerprint density at radius 3 is 2.60 bits per heavy atom. The van der Waals surface area contributed by atoms with Crippen molar-refractivity contribution >= 4 is 16.7 Å². The van der Waals surface area contributed by atoms with Gasteiger partial charge in [0.1, 0.15) is 23.1 Å². The highest BCUT2D eigenvalue weighted by Gasteiger charge is 2.32. The highest BCUT2D eigenvalue weighted by molar-refractivity contribution is 6.05. The van der Waals surface area contributed by atoms with Gasteiger partial charge >= 0.3 is 5.97 Å². The number of fused-ring (bicyclic) bond motifs is 2. The van der Waals surface area contributed by atoms with Gasteiger partial charge in [0.05, 0.1) is 25.2 Å². The topological polar surface area (TPSA) is 104 Å². The molecule has 1 aliphatic heterocycles. The number of methoxy groups -OCH3 is 1. The molecule has 1 unspecified atom stereocenters. The summed E-state index contributed by atoms with van der Waals surface area (Å²) in [4.78, 5) is 13.1. The van der Waals surface area contributed by atoms with Crippen molar-refractivity contribution in [3.63, 3.8) is 0 Å². The van der Waals surface area contributed by atoms with Crippen LogP contribution >= 0.6 is 0 Å². The Morgan fingerprint density at radius 2 is 1.82 bits per heavy atom. The average Bonchev–Trinajstić information content (AvgIpc) is 2.96. The molecule has 7 nitrogen and oxygen atoms in total. The summed E-state index contributed by atoms with van der Waals surface area (Å²) < 4.78 is 23.1. The summed E-state index contributed by atoms with van der Waals surface area (Å²) >= 11 is 0. The van der Waals surface area contributed by atoms with Crippen molar-refractivity contribution in [1.29, 1.82) is 5.26 Å². The van der Waals surface area contributed by atoms with Gasteiger partial charge in [0.2, 0.25) is 5.88 Å². The normalized spacial score (nSPS) is 14.3. The van der Waals surface area contributed by atoms with Crippen LogP contribution in [-0.2, 0) is 0 Å². The number of rotatable bonds is 8. The number of nitrogens with zero attached hydrogens (tertiary/aromatic N) is 1. The largest absolute Gasteiger partial charge is 0.493 e. The van der Waals surface area contributed by atoms with Gasteiger partial charge < -0.3 is 24.7 Å². The molecule has 4 aromatic carbocycles. The van der Waals surface area contributed by atoms with Crippen molar-refractivity contribution in [2.75, 3.05) is 13.7 Å². The fraction of sp³-hybridized carbons (Fsp3) is 0.212. The Labute approximate surface area is 233 Å². The molecule has 2 N–H and O–H groups in total. The van der Waals surface area contributed by atoms with E-state index in [9.17, 15) is 10.1 Å². The summed E-state index contributed by atoms with van der Waals surface area (Å²) in [6.07, 6.45) is 0.920. The molecule has 4 aromatic rings. The molecular formula is C33H30N2O5. The molecule has 0 amide bonds. The minimum Gasteiger partial charge on any atom is -0.493 e. The number of carbonyl (C=O) groups excluding carboxylic acids is 1. The van der Waals surface area contributed by atoms with Crippen LogP contribution in [0, 0.1) is 17.2 Å². The van der Waals surface area contributed by atoms with Crippen LogP contribution in [0.2, 0.25) is 0 Å². The lowest BCUT2D eigenvalue weighted by molar-refractivity contribution is 0.0736. The summed E-state index contributed by atoms with van der Waals surface area (Å²) in [5.41, 5.74) is 8.45. The van der Waals surface area contributed by atoms with E-state index in [1.807, 2.05) is 54.6 Å². The number of ether oxygens (including phenoxy) is 4. The van der Waals surface area contributed by atoms with Crippen LogP contribution in [0.4, 0.5) is 0 Å². The lowest BCUT2D eigenvalue weighted by Crippen LogP contribution is -2.21. The smallest absolute Gasteiger partial charge is 0.344 e. The zero-order chi connectivity index (χ0) is 28.2. The van der Waals surface area contributed by atoms with Crippen molar-refractivity contribution in [2.45, 2.75) is 26.2 Å². The number of esters is 1. The molecule has 0 saturated carbocycles. The van der Waals surface area contributed by atoms with Crippen molar-refractivity contribution in [3.8, 4) is 29.1 Å². The zero-order valence-corrected chi connectivity index (χ0v) is 22.6. The fourth-order valence-electron chi connectivity index (χ4n) is 4.80. The number of allylic oxidation sites excluding steroid dienone is 1. The quantitative estimate of drug-likeness (QED) is 0.198. The minimum absolute atomic E-state index is 0.00578. The number of nitrogens with two attached hydrogens (primary N) is 1. The van der Waals surface area contributed by atoms with Crippen LogP contribution in [0.15, 0.2) is 90.3 Å². The second-order valence-electron chi connectivity index (χ2n) is 9.98. The summed E-state index contributed by atoms with van der Waals surface area (Å²) in [5, 5.41) is 11.7. The highest BCUT2D eigenvalue weighted by atomic mass is 16.5. The van der Waals surface area contributed by atoms with Gasteiger partial charge in [0.25, 0.3) is 0 Å². The average molecular weight is 535 g/mol. The van der Waals surface area contributed by atoms with Crippen LogP contribution in [-0.4, -0.2) is 19.7 Å². The third kappa shape index (κ3) is 5.29. The van der Waals surface area contributed by atoms with E-state index < -0.39 is 11.9 Å². The fourth-order valence-corrected chi connectivity index (χ4v) is 4.80. The third-order valence-electron chi connectivity index (χ3n) is 6.88. The monoisotopic (exact) mass is 534 g/mol. The Hall–Kier alpha value is -4.96. The van der Waals surface area contributed by atoms with Gasteiger partial charge in [-0.2, -0.15) is 5.26 Å². The lowest BCUT2D eigenvalue weighted by atomic mass is 9.83. The molecule has 7 heteroatoms. The van der Waals surface area contributed by atoms with E-state index in [0.29, 0.717) is 46.6 Å². The maximum Gasteiger partial charge on any atom is 0.344 e. The molecule has 0 spiro atoms. The predicted octanol–water partition coefficient (Wildman–Crippen LogP) is 6.71. The summed E-state index contributed by atoms with van der Waals surface area (Å²) in [6, 6.07) is 26.0. The van der Waals surface area contributed by atoms with Gasteiger partial charge in [-0.05, 0) is 52.9 Å². The van der Waals surface area contributed by atoms with E-state index in [1.165, 1.54) is 0 Å². The first-order valence-corrected chi connectivity index (χ1v) is 13.1. The molecule has 0 bridgehead atoms. The van der Waals surface area contributed by atoms with Gasteiger partial charge in [-0.3, -0.25) is 0 Å². The molecule has 202 valence electrons. The van der Waals surface area contributed by atoms with Crippen LogP contribution in [0.1, 0.15) is 47.7 Å². The van der Waals surface area contributed by atoms with Gasteiger partial charge in [-0.15, -0.1) is 0 Å². The molecule has 0 saturated heterocycles. The number of benzene rings is 4. The van der Waals surface area contributed by atoms with Crippen molar-refractivity contribution in [3.05, 3.63) is 107 Å². The van der Waals surface area contributed by atoms with Crippen LogP contribution < -0.4 is 24.7 Å². The molecule has 1 atom stereocenters. The first-order chi connectivity index (χ1) is 19.4. The van der Waals surface area contributed by atoms with Gasteiger partial charge in [-0.25, -0.2) is 4.79 Å². The molecule has 40 heavy (non-hydrogen) atoms. The molecular weight excluding hydrogens is 504 g/mol. The second-order valence-corrected chi connectivity index (χ2v) is 9.98. The SMILES string of the molecule is COc1cc(C2C(C#N)=C(N)Oc3cc(OC(=O)c4cccc5ccccc45)ccc32)ccc1OCCC(C)C. The number of carbonyl (C=O) groups is 1. The Balaban J connectivity index is 1.45. The van der Waals surface area contributed by atoms with Crippen LogP contribution in [0.25, 0.3) is 10.8 Å². The first kappa shape index (κ1) is 26.6. The predicted molar refractivity (Wildman–Crippen MR) is 153 cm³/mol. The van der Waals surface area contributed by atoms with E-state index in [-0.39, 0.29) is 11.5 Å². The standard InChI is InChI=1S/C33H30N2O5/c1-20(2)15-16-38-28-14-11-22(17-30(28)37-3)31-26-13-12-23(18-29(26)40-32(35)27(31)19-34)39-33(36)25-10-6-8-21-7-4-5-9-24(21)25/h4-14,17-18,20,31H,15-16,35H2,1-3H3. The van der Waals surface area contributed by atoms with Crippen LogP contribution in [0.5, 0.6) is 23.0 Å². The van der Waals surface area contributed by atoms with Crippen LogP contribution in [0.3, 0.4) is 0 Å². The van der Waals surface area contributed by atoms with E-state index >= 15 is 0 Å². The van der Waals surface area contributed by atoms with Crippen molar-refractivity contribution < 1.29 is 23.7 Å². The maximum absolute atomic E-state index is 13.1. The number of hydrogen-bond acceptors (Lipinski definition) is 7. The number of nitriles is 1. The van der Waals surface area contributed by atoms with E-state index in [4.69, 9.17) is 24.7 Å². The summed E-state index contributed by atoms with van der Waals surface area (Å²) in [5.74, 6) is 1.42. The third-order valence-corrected chi connectivity index (χ3v) is 6.88. The Bertz CT molecular complexity index is 1650. The molecule has 0 fully saturated rings. The molecule has 1 heterocycles. The van der Waals surface area contributed by atoms with Crippen molar-refractivity contribution in [1.82, 2.24) is 0 Å². The molecule has 1 aliphatic rings. The maximum atomic E-state index is 13.1. The van der Waals surface area contributed by atoms with Gasteiger partial charge in [0.15, 0.2) is 11.5 Å².